The molecule has 10 atom stereocenters. The number of fused-ring (bicyclic) bond motifs is 1. The molecule has 0 radical (unpaired) electrons. The largest absolute Gasteiger partial charge is 0.508 e. The SMILES string of the molecule is C[C@@H]1O[C@@H](OC[C@H]2O[C@@H](Oc3c(-c4ccc(OS(=O)(=O)O)c(O)c4)oc4cc(O)cc(O)c4c3=O)[C@H](O)[C@@H](O)[C@@H]2O)[C@H](O)[C@H](O)[C@H]1O. The molecule has 2 fully saturated rings. The third-order valence-electron chi connectivity index (χ3n) is 7.47. The van der Waals surface area contributed by atoms with Crippen LogP contribution in [-0.2, 0) is 24.6 Å². The average molecular weight is 691 g/mol. The van der Waals surface area contributed by atoms with E-state index in [1.165, 1.54) is 6.92 Å². The number of ether oxygens (including phenoxy) is 4. The molecule has 5 rings (SSSR count). The van der Waals surface area contributed by atoms with E-state index in [4.69, 9.17) is 27.9 Å². The summed E-state index contributed by atoms with van der Waals surface area (Å²) in [6.07, 6.45) is -16.7. The molecule has 19 nitrogen and oxygen atoms in total. The van der Waals surface area contributed by atoms with E-state index in [2.05, 4.69) is 4.18 Å². The first-order valence-corrected chi connectivity index (χ1v) is 15.0. The highest BCUT2D eigenvalue weighted by molar-refractivity contribution is 7.81. The average Bonchev–Trinajstić information content (AvgIpc) is 2.99. The van der Waals surface area contributed by atoms with Crippen LogP contribution in [0.2, 0.25) is 0 Å². The fourth-order valence-electron chi connectivity index (χ4n) is 5.02. The van der Waals surface area contributed by atoms with Gasteiger partial charge in [0.25, 0.3) is 0 Å². The van der Waals surface area contributed by atoms with Crippen LogP contribution in [0, 0.1) is 0 Å². The van der Waals surface area contributed by atoms with Crippen LogP contribution in [0.3, 0.4) is 0 Å². The Hall–Kier alpha value is -3.80. The Kier molecular flexibility index (Phi) is 9.56. The van der Waals surface area contributed by atoms with Gasteiger partial charge in [0, 0.05) is 17.7 Å². The number of aliphatic hydroxyl groups excluding tert-OH is 6. The molecule has 3 heterocycles. The fraction of sp³-hybridized carbons (Fsp3) is 0.444. The van der Waals surface area contributed by atoms with Crippen LogP contribution in [0.15, 0.2) is 39.5 Å². The predicted octanol–water partition coefficient (Wildman–Crippen LogP) is -2.21. The summed E-state index contributed by atoms with van der Waals surface area (Å²) in [4.78, 5) is 13.7. The van der Waals surface area contributed by atoms with Crippen LogP contribution in [0.25, 0.3) is 22.3 Å². The lowest BCUT2D eigenvalue weighted by Crippen LogP contribution is -2.61. The number of phenolic OH excluding ortho intramolecular Hbond substituents is 3. The Labute approximate surface area is 263 Å². The van der Waals surface area contributed by atoms with E-state index in [1.807, 2.05) is 0 Å². The first-order valence-electron chi connectivity index (χ1n) is 13.7. The zero-order valence-electron chi connectivity index (χ0n) is 23.9. The van der Waals surface area contributed by atoms with Crippen molar-refractivity contribution in [2.45, 2.75) is 68.3 Å². The first kappa shape index (κ1) is 34.5. The molecule has 10 N–H and O–H groups in total. The molecule has 0 spiro atoms. The minimum Gasteiger partial charge on any atom is -0.508 e. The summed E-state index contributed by atoms with van der Waals surface area (Å²) < 4.78 is 63.1. The molecule has 2 saturated heterocycles. The smallest absolute Gasteiger partial charge is 0.446 e. The number of hydrogen-bond donors (Lipinski definition) is 10. The Morgan fingerprint density at radius 3 is 2.13 bits per heavy atom. The molecule has 258 valence electrons. The van der Waals surface area contributed by atoms with Crippen LogP contribution in [-0.4, -0.2) is 127 Å². The van der Waals surface area contributed by atoms with Crippen LogP contribution in [0.4, 0.5) is 0 Å². The van der Waals surface area contributed by atoms with Gasteiger partial charge in [-0.3, -0.25) is 9.35 Å². The van der Waals surface area contributed by atoms with E-state index in [-0.39, 0.29) is 5.56 Å². The van der Waals surface area contributed by atoms with Crippen molar-refractivity contribution in [3.8, 4) is 40.1 Å². The van der Waals surface area contributed by atoms with Gasteiger partial charge in [0.1, 0.15) is 65.2 Å². The van der Waals surface area contributed by atoms with Gasteiger partial charge in [0.2, 0.25) is 17.5 Å². The van der Waals surface area contributed by atoms with Gasteiger partial charge in [0.15, 0.2) is 23.5 Å². The van der Waals surface area contributed by atoms with Gasteiger partial charge in [-0.1, -0.05) is 0 Å². The zero-order chi connectivity index (χ0) is 34.5. The molecule has 20 heteroatoms. The highest BCUT2D eigenvalue weighted by Crippen LogP contribution is 2.40. The summed E-state index contributed by atoms with van der Waals surface area (Å²) in [6, 6.07) is 4.51. The standard InChI is InChI=1S/C27H30O19S/c1-8-17(31)20(34)22(36)26(42-8)41-7-15-18(32)21(35)23(37)27(44-15)45-25-19(33)16-12(30)5-10(28)6-14(16)43-24(25)9-2-3-13(11(29)4-9)46-47(38,39)40/h2-6,8,15,17-18,20-23,26-32,34-37H,7H2,1H3,(H,38,39,40)/t8-,15+,17-,18+,20+,21-,22+,23+,26+,27-/m0/s1. The highest BCUT2D eigenvalue weighted by atomic mass is 32.3. The van der Waals surface area contributed by atoms with Crippen molar-refractivity contribution in [2.75, 3.05) is 6.61 Å². The van der Waals surface area contributed by atoms with Crippen LogP contribution >= 0.6 is 0 Å². The molecule has 0 saturated carbocycles. The summed E-state index contributed by atoms with van der Waals surface area (Å²) in [7, 11) is -5.05. The van der Waals surface area contributed by atoms with Gasteiger partial charge in [0.05, 0.1) is 12.7 Å². The molecule has 1 aromatic heterocycles. The number of aliphatic hydroxyl groups is 6. The quantitative estimate of drug-likeness (QED) is 0.112. The summed E-state index contributed by atoms with van der Waals surface area (Å²) >= 11 is 0. The van der Waals surface area contributed by atoms with E-state index in [9.17, 15) is 59.2 Å². The van der Waals surface area contributed by atoms with E-state index in [1.54, 1.807) is 0 Å². The Bertz CT molecular complexity index is 1790. The summed E-state index contributed by atoms with van der Waals surface area (Å²) in [6.45, 7) is 0.733. The third kappa shape index (κ3) is 6.93. The maximum absolute atomic E-state index is 13.7. The van der Waals surface area contributed by atoms with E-state index >= 15 is 0 Å². The summed E-state index contributed by atoms with van der Waals surface area (Å²) in [5.41, 5.74) is -1.74. The monoisotopic (exact) mass is 690 g/mol. The van der Waals surface area contributed by atoms with E-state index in [0.29, 0.717) is 0 Å². The van der Waals surface area contributed by atoms with Crippen molar-refractivity contribution in [2.24, 2.45) is 0 Å². The van der Waals surface area contributed by atoms with Crippen molar-refractivity contribution in [1.82, 2.24) is 0 Å². The van der Waals surface area contributed by atoms with Crippen molar-refractivity contribution in [3.05, 3.63) is 40.6 Å². The molecular formula is C27H30O19S. The molecule has 2 aliphatic rings. The van der Waals surface area contributed by atoms with Gasteiger partial charge in [-0.15, -0.1) is 0 Å². The maximum Gasteiger partial charge on any atom is 0.446 e. The number of rotatable bonds is 8. The second kappa shape index (κ2) is 13.0. The molecule has 2 aromatic carbocycles. The molecule has 0 bridgehead atoms. The van der Waals surface area contributed by atoms with Gasteiger partial charge in [-0.25, -0.2) is 0 Å². The van der Waals surface area contributed by atoms with Crippen molar-refractivity contribution in [3.63, 3.8) is 0 Å². The molecule has 47 heavy (non-hydrogen) atoms. The van der Waals surface area contributed by atoms with Gasteiger partial charge in [-0.2, -0.15) is 8.42 Å². The third-order valence-corrected chi connectivity index (χ3v) is 7.86. The van der Waals surface area contributed by atoms with Crippen molar-refractivity contribution in [1.29, 1.82) is 0 Å². The normalized spacial score (nSPS) is 31.5. The molecule has 0 unspecified atom stereocenters. The minimum atomic E-state index is -5.05. The molecular weight excluding hydrogens is 660 g/mol. The maximum atomic E-state index is 13.7. The minimum absolute atomic E-state index is 0.217. The summed E-state index contributed by atoms with van der Waals surface area (Å²) in [5, 5.41) is 92.1. The van der Waals surface area contributed by atoms with Crippen molar-refractivity contribution < 1.29 is 86.5 Å². The number of benzene rings is 2. The lowest BCUT2D eigenvalue weighted by molar-refractivity contribution is -0.318. The predicted molar refractivity (Wildman–Crippen MR) is 151 cm³/mol. The van der Waals surface area contributed by atoms with E-state index in [0.717, 1.165) is 30.3 Å². The van der Waals surface area contributed by atoms with Gasteiger partial charge in [-0.05, 0) is 25.1 Å². The molecule has 0 amide bonds. The summed E-state index contributed by atoms with van der Waals surface area (Å²) in [5.74, 6) is -4.25. The Balaban J connectivity index is 1.50. The number of hydrogen-bond acceptors (Lipinski definition) is 18. The lowest BCUT2D eigenvalue weighted by Gasteiger charge is -2.42. The highest BCUT2D eigenvalue weighted by Gasteiger charge is 2.48. The molecule has 0 aliphatic carbocycles. The Morgan fingerprint density at radius 1 is 0.809 bits per heavy atom. The topological polar surface area (TPSA) is 313 Å². The van der Waals surface area contributed by atoms with Crippen LogP contribution in [0.1, 0.15) is 6.92 Å². The second-order valence-corrected chi connectivity index (χ2v) is 11.8. The molecule has 3 aromatic rings. The lowest BCUT2D eigenvalue weighted by atomic mass is 9.98. The van der Waals surface area contributed by atoms with E-state index < -0.39 is 129 Å². The van der Waals surface area contributed by atoms with Crippen molar-refractivity contribution >= 4 is 21.4 Å². The number of phenols is 3. The first-order chi connectivity index (χ1) is 22.0. The zero-order valence-corrected chi connectivity index (χ0v) is 24.7. The Morgan fingerprint density at radius 2 is 1.47 bits per heavy atom. The van der Waals surface area contributed by atoms with Crippen LogP contribution < -0.4 is 14.3 Å². The van der Waals surface area contributed by atoms with Crippen LogP contribution in [0.5, 0.6) is 28.7 Å². The number of aromatic hydroxyl groups is 3. The fourth-order valence-corrected chi connectivity index (χ4v) is 5.38. The molecule has 2 aliphatic heterocycles. The van der Waals surface area contributed by atoms with Gasteiger partial charge >= 0.3 is 10.4 Å². The van der Waals surface area contributed by atoms with Gasteiger partial charge < -0.3 is 73.5 Å². The second-order valence-electron chi connectivity index (χ2n) is 10.8.